The fraction of sp³-hybridized carbons (Fsp3) is 0.143. The Balaban J connectivity index is 1.85. The van der Waals surface area contributed by atoms with Crippen LogP contribution in [0.3, 0.4) is 0 Å². The Hall–Kier alpha value is -3.03. The molecule has 6 nitrogen and oxygen atoms in total. The minimum atomic E-state index is -0.534. The lowest BCUT2D eigenvalue weighted by Gasteiger charge is -2.09. The third kappa shape index (κ3) is 5.07. The number of rotatable bonds is 7. The number of nitrogen functional groups attached to an aromatic ring is 1. The second-order valence-corrected chi connectivity index (χ2v) is 7.99. The van der Waals surface area contributed by atoms with E-state index in [1.54, 1.807) is 31.3 Å². The van der Waals surface area contributed by atoms with Crippen molar-refractivity contribution in [3.05, 3.63) is 70.9 Å². The van der Waals surface area contributed by atoms with Crippen LogP contribution in [0, 0.1) is 0 Å². The van der Waals surface area contributed by atoms with Gasteiger partial charge >= 0.3 is 0 Å². The molecule has 0 aromatic carbocycles. The van der Waals surface area contributed by atoms with Crippen LogP contribution >= 0.6 is 22.9 Å². The Morgan fingerprint density at radius 2 is 2.14 bits per heavy atom. The van der Waals surface area contributed by atoms with Crippen LogP contribution in [0.25, 0.3) is 16.2 Å². The Bertz CT molecular complexity index is 1120. The van der Waals surface area contributed by atoms with E-state index in [9.17, 15) is 4.79 Å². The van der Waals surface area contributed by atoms with Crippen LogP contribution < -0.4 is 16.2 Å². The topological polar surface area (TPSA) is 95.6 Å². The number of hydrogen-bond acceptors (Lipinski definition) is 5. The summed E-state index contributed by atoms with van der Waals surface area (Å²) in [6, 6.07) is 5.38. The number of allylic oxidation sites excluding steroid dienone is 5. The van der Waals surface area contributed by atoms with Crippen molar-refractivity contribution < 1.29 is 9.53 Å². The molecule has 0 fully saturated rings. The summed E-state index contributed by atoms with van der Waals surface area (Å²) in [5.74, 6) is -0.0892. The molecule has 3 rings (SSSR count). The van der Waals surface area contributed by atoms with Gasteiger partial charge in [0.1, 0.15) is 22.4 Å². The number of carbonyl (C=O) groups is 1. The third-order valence-electron chi connectivity index (χ3n) is 3.95. The van der Waals surface area contributed by atoms with Crippen LogP contribution in [-0.4, -0.2) is 21.4 Å². The Morgan fingerprint density at radius 1 is 1.34 bits per heavy atom. The van der Waals surface area contributed by atoms with Crippen LogP contribution in [0.2, 0.25) is 0 Å². The molecule has 29 heavy (non-hydrogen) atoms. The maximum absolute atomic E-state index is 11.9. The smallest absolute Gasteiger partial charge is 0.262 e. The van der Waals surface area contributed by atoms with Crippen LogP contribution in [-0.2, 0) is 0 Å². The minimum absolute atomic E-state index is 0.261. The average molecular weight is 429 g/mol. The number of anilines is 1. The molecular weight excluding hydrogens is 408 g/mol. The maximum atomic E-state index is 11.9. The molecule has 8 heteroatoms. The number of primary amides is 1. The lowest BCUT2D eigenvalue weighted by atomic mass is 10.3. The Labute approximate surface area is 177 Å². The number of nitrogens with zero attached hydrogens (tertiary/aromatic N) is 2. The second-order valence-electron chi connectivity index (χ2n) is 6.35. The van der Waals surface area contributed by atoms with Crippen LogP contribution in [0.4, 0.5) is 5.69 Å². The summed E-state index contributed by atoms with van der Waals surface area (Å²) in [5, 5.41) is 0.700. The highest BCUT2D eigenvalue weighted by atomic mass is 35.5. The number of thiophene rings is 1. The van der Waals surface area contributed by atoms with Gasteiger partial charge in [0.05, 0.1) is 16.8 Å². The monoisotopic (exact) mass is 428 g/mol. The summed E-state index contributed by atoms with van der Waals surface area (Å²) < 4.78 is 7.84. The van der Waals surface area contributed by atoms with E-state index in [-0.39, 0.29) is 6.10 Å². The number of aromatic nitrogens is 2. The molecule has 0 spiro atoms. The van der Waals surface area contributed by atoms with Gasteiger partial charge in [-0.1, -0.05) is 29.8 Å². The van der Waals surface area contributed by atoms with Gasteiger partial charge < -0.3 is 16.2 Å². The second kappa shape index (κ2) is 8.98. The molecule has 0 aliphatic carbocycles. The van der Waals surface area contributed by atoms with E-state index in [0.717, 1.165) is 16.2 Å². The summed E-state index contributed by atoms with van der Waals surface area (Å²) in [6.45, 7) is 3.69. The molecule has 0 radical (unpaired) electrons. The predicted molar refractivity (Wildman–Crippen MR) is 119 cm³/mol. The number of halogens is 1. The van der Waals surface area contributed by atoms with Gasteiger partial charge in [-0.2, -0.15) is 0 Å². The van der Waals surface area contributed by atoms with Crippen molar-refractivity contribution >= 4 is 40.2 Å². The van der Waals surface area contributed by atoms with Crippen molar-refractivity contribution in [2.45, 2.75) is 20.0 Å². The fourth-order valence-electron chi connectivity index (χ4n) is 2.65. The highest BCUT2D eigenvalue weighted by molar-refractivity contribution is 7.17. The van der Waals surface area contributed by atoms with E-state index in [2.05, 4.69) is 4.98 Å². The summed E-state index contributed by atoms with van der Waals surface area (Å²) in [7, 11) is 0. The number of hydrogen-bond donors (Lipinski definition) is 2. The van der Waals surface area contributed by atoms with Crippen molar-refractivity contribution in [3.8, 4) is 16.3 Å². The number of pyridine rings is 1. The maximum Gasteiger partial charge on any atom is 0.262 e. The first-order chi connectivity index (χ1) is 13.8. The van der Waals surface area contributed by atoms with Gasteiger partial charge in [0.2, 0.25) is 0 Å². The summed E-state index contributed by atoms with van der Waals surface area (Å²) in [5.41, 5.74) is 13.6. The molecule has 1 unspecified atom stereocenters. The van der Waals surface area contributed by atoms with Gasteiger partial charge in [-0.15, -0.1) is 11.3 Å². The van der Waals surface area contributed by atoms with Gasteiger partial charge in [-0.25, -0.2) is 4.98 Å². The first-order valence-electron chi connectivity index (χ1n) is 8.85. The van der Waals surface area contributed by atoms with Gasteiger partial charge in [0.25, 0.3) is 5.91 Å². The van der Waals surface area contributed by atoms with Crippen LogP contribution in [0.15, 0.2) is 66.0 Å². The number of amides is 1. The molecule has 3 aromatic heterocycles. The zero-order chi connectivity index (χ0) is 21.0. The Morgan fingerprint density at radius 3 is 2.86 bits per heavy atom. The first-order valence-corrected chi connectivity index (χ1v) is 10.0. The number of ether oxygens (including phenoxy) is 1. The highest BCUT2D eigenvalue weighted by Gasteiger charge is 2.19. The SMILES string of the molecule is C\C(Cl)=C/C=C\C=C\C(C)Oc1cc(-c2cnc3cc(N)ccn23)sc1C(N)=O. The molecule has 3 aromatic rings. The molecule has 4 N–H and O–H groups in total. The van der Waals surface area contributed by atoms with E-state index in [4.69, 9.17) is 27.8 Å². The van der Waals surface area contributed by atoms with Crippen LogP contribution in [0.5, 0.6) is 5.75 Å². The molecule has 0 bridgehead atoms. The molecule has 3 heterocycles. The van der Waals surface area contributed by atoms with Gasteiger partial charge in [0, 0.05) is 29.0 Å². The minimum Gasteiger partial charge on any atom is -0.485 e. The van der Waals surface area contributed by atoms with Crippen molar-refractivity contribution in [2.24, 2.45) is 5.73 Å². The summed E-state index contributed by atoms with van der Waals surface area (Å²) in [6.07, 6.45) is 12.5. The predicted octanol–water partition coefficient (Wildman–Crippen LogP) is 4.77. The third-order valence-corrected chi connectivity index (χ3v) is 5.23. The van der Waals surface area contributed by atoms with Crippen molar-refractivity contribution in [3.63, 3.8) is 0 Å². The fourth-order valence-corrected chi connectivity index (χ4v) is 3.67. The quantitative estimate of drug-likeness (QED) is 0.530. The van der Waals surface area contributed by atoms with E-state index in [1.165, 1.54) is 11.3 Å². The normalized spacial score (nSPS) is 13.6. The van der Waals surface area contributed by atoms with Crippen molar-refractivity contribution in [1.82, 2.24) is 9.38 Å². The Kier molecular flexibility index (Phi) is 6.41. The number of nitrogens with two attached hydrogens (primary N) is 2. The van der Waals surface area contributed by atoms with Gasteiger partial charge in [-0.3, -0.25) is 9.20 Å². The first kappa shape index (κ1) is 20.7. The average Bonchev–Trinajstić information content (AvgIpc) is 3.24. The molecule has 0 aliphatic heterocycles. The van der Waals surface area contributed by atoms with Gasteiger partial charge in [-0.05, 0) is 32.1 Å². The molecule has 0 saturated carbocycles. The molecule has 0 saturated heterocycles. The summed E-state index contributed by atoms with van der Waals surface area (Å²) >= 11 is 7.04. The lowest BCUT2D eigenvalue weighted by molar-refractivity contribution is 0.0999. The van der Waals surface area contributed by atoms with Crippen molar-refractivity contribution in [2.75, 3.05) is 5.73 Å². The summed E-state index contributed by atoms with van der Waals surface area (Å²) in [4.78, 5) is 17.5. The van der Waals surface area contributed by atoms with Gasteiger partial charge in [0.15, 0.2) is 0 Å². The van der Waals surface area contributed by atoms with Crippen LogP contribution in [0.1, 0.15) is 23.5 Å². The number of fused-ring (bicyclic) bond motifs is 1. The molecule has 150 valence electrons. The van der Waals surface area contributed by atoms with E-state index in [1.807, 2.05) is 47.9 Å². The standard InChI is InChI=1S/C21H21ClN4O2S/c1-13(22)6-4-3-5-7-14(2)28-17-11-18(29-20(17)21(24)27)16-12-25-19-10-15(23)8-9-26(16)19/h3-12,14H,23H2,1-2H3,(H2,24,27)/b4-3-,7-5+,13-6+. The molecule has 0 aliphatic rings. The number of carbonyl (C=O) groups excluding carboxylic acids is 1. The van der Waals surface area contributed by atoms with Crippen molar-refractivity contribution in [1.29, 1.82) is 0 Å². The zero-order valence-electron chi connectivity index (χ0n) is 16.0. The van der Waals surface area contributed by atoms with E-state index >= 15 is 0 Å². The van der Waals surface area contributed by atoms with E-state index in [0.29, 0.717) is 21.3 Å². The lowest BCUT2D eigenvalue weighted by Crippen LogP contribution is -2.13. The van der Waals surface area contributed by atoms with E-state index < -0.39 is 5.91 Å². The largest absolute Gasteiger partial charge is 0.485 e. The highest BCUT2D eigenvalue weighted by Crippen LogP contribution is 2.37. The molecule has 1 atom stereocenters. The number of imidazole rings is 1. The molecular formula is C21H21ClN4O2S. The molecule has 1 amide bonds. The zero-order valence-corrected chi connectivity index (χ0v) is 17.6.